The van der Waals surface area contributed by atoms with Crippen molar-refractivity contribution in [2.75, 3.05) is 17.5 Å². The van der Waals surface area contributed by atoms with E-state index in [2.05, 4.69) is 10.0 Å². The summed E-state index contributed by atoms with van der Waals surface area (Å²) in [6.07, 6.45) is 0.287. The Morgan fingerprint density at radius 3 is 2.20 bits per heavy atom. The van der Waals surface area contributed by atoms with Gasteiger partial charge in [0.15, 0.2) is 0 Å². The molecule has 3 N–H and O–H groups in total. The molecule has 0 heterocycles. The first-order valence-electron chi connectivity index (χ1n) is 9.62. The molecule has 0 aliphatic carbocycles. The maximum atomic E-state index is 11.8. The summed E-state index contributed by atoms with van der Waals surface area (Å²) in [5.41, 5.74) is 2.98. The Hall–Kier alpha value is -2.87. The number of anilines is 1. The Bertz CT molecular complexity index is 1040. The third-order valence-corrected chi connectivity index (χ3v) is 5.02. The molecule has 3 rings (SSSR count). The van der Waals surface area contributed by atoms with E-state index in [1.807, 2.05) is 60.7 Å². The summed E-state index contributed by atoms with van der Waals surface area (Å²) < 4.78 is 31.9. The maximum Gasteiger partial charge on any atom is 0.229 e. The fraction of sp³-hybridized carbons (Fsp3) is 0.217. The van der Waals surface area contributed by atoms with Crippen LogP contribution in [0.1, 0.15) is 22.8 Å². The smallest absolute Gasteiger partial charge is 0.229 e. The minimum absolute atomic E-state index is 0.299. The summed E-state index contributed by atoms with van der Waals surface area (Å²) in [4.78, 5) is 0. The van der Waals surface area contributed by atoms with Crippen LogP contribution in [0, 0.1) is 0 Å². The van der Waals surface area contributed by atoms with Crippen molar-refractivity contribution >= 4 is 15.7 Å². The molecular weight excluding hydrogens is 400 g/mol. The predicted octanol–water partition coefficient (Wildman–Crippen LogP) is 3.46. The fourth-order valence-corrected chi connectivity index (χ4v) is 3.52. The number of hydrogen-bond acceptors (Lipinski definition) is 5. The van der Waals surface area contributed by atoms with Crippen molar-refractivity contribution < 1.29 is 18.3 Å². The van der Waals surface area contributed by atoms with Gasteiger partial charge in [-0.25, -0.2) is 8.42 Å². The molecule has 0 spiro atoms. The van der Waals surface area contributed by atoms with Gasteiger partial charge in [0.05, 0.1) is 18.0 Å². The molecule has 1 atom stereocenters. The van der Waals surface area contributed by atoms with Crippen molar-refractivity contribution in [3.63, 3.8) is 0 Å². The van der Waals surface area contributed by atoms with Crippen molar-refractivity contribution in [1.29, 1.82) is 0 Å². The molecule has 0 saturated heterocycles. The van der Waals surface area contributed by atoms with Crippen LogP contribution >= 0.6 is 0 Å². The van der Waals surface area contributed by atoms with E-state index in [-0.39, 0.29) is 0 Å². The Labute approximate surface area is 177 Å². The Morgan fingerprint density at radius 1 is 0.933 bits per heavy atom. The standard InChI is InChI=1S/C23H26N2O4S/c1-30(27,28)25-21-14-20(22(26)16-24-15-18-8-4-2-5-9-18)12-13-23(21)29-17-19-10-6-3-7-11-19/h2-14,22,24-26H,15-17H2,1H3. The molecule has 7 heteroatoms. The van der Waals surface area contributed by atoms with Crippen LogP contribution < -0.4 is 14.8 Å². The lowest BCUT2D eigenvalue weighted by atomic mass is 10.1. The third kappa shape index (κ3) is 6.88. The van der Waals surface area contributed by atoms with Gasteiger partial charge in [0.25, 0.3) is 0 Å². The Balaban J connectivity index is 1.69. The van der Waals surface area contributed by atoms with Crippen molar-refractivity contribution in [1.82, 2.24) is 5.32 Å². The second-order valence-electron chi connectivity index (χ2n) is 7.04. The van der Waals surface area contributed by atoms with E-state index in [1.54, 1.807) is 18.2 Å². The molecular formula is C23H26N2O4S. The summed E-state index contributed by atoms with van der Waals surface area (Å²) in [5, 5.41) is 13.7. The third-order valence-electron chi connectivity index (χ3n) is 4.43. The number of hydrogen-bond donors (Lipinski definition) is 3. The van der Waals surface area contributed by atoms with Crippen LogP contribution in [-0.4, -0.2) is 26.3 Å². The lowest BCUT2D eigenvalue weighted by molar-refractivity contribution is 0.174. The van der Waals surface area contributed by atoms with Gasteiger partial charge in [-0.05, 0) is 28.8 Å². The van der Waals surface area contributed by atoms with Gasteiger partial charge in [-0.2, -0.15) is 0 Å². The number of sulfonamides is 1. The highest BCUT2D eigenvalue weighted by Crippen LogP contribution is 2.30. The molecule has 0 radical (unpaired) electrons. The van der Waals surface area contributed by atoms with Gasteiger partial charge in [-0.3, -0.25) is 4.72 Å². The van der Waals surface area contributed by atoms with Gasteiger partial charge in [0.2, 0.25) is 10.0 Å². The molecule has 0 aromatic heterocycles. The molecule has 0 aliphatic rings. The van der Waals surface area contributed by atoms with Crippen LogP contribution in [0.2, 0.25) is 0 Å². The van der Waals surface area contributed by atoms with E-state index in [0.29, 0.717) is 36.7 Å². The van der Waals surface area contributed by atoms with Crippen LogP contribution in [0.5, 0.6) is 5.75 Å². The van der Waals surface area contributed by atoms with Crippen LogP contribution in [0.3, 0.4) is 0 Å². The van der Waals surface area contributed by atoms with E-state index in [9.17, 15) is 13.5 Å². The first kappa shape index (κ1) is 21.8. The summed E-state index contributed by atoms with van der Waals surface area (Å²) in [7, 11) is -3.51. The largest absolute Gasteiger partial charge is 0.487 e. The number of ether oxygens (including phenoxy) is 1. The van der Waals surface area contributed by atoms with Gasteiger partial charge >= 0.3 is 0 Å². The zero-order valence-electron chi connectivity index (χ0n) is 16.8. The molecule has 0 aliphatic heterocycles. The lowest BCUT2D eigenvalue weighted by Crippen LogP contribution is -2.21. The summed E-state index contributed by atoms with van der Waals surface area (Å²) >= 11 is 0. The topological polar surface area (TPSA) is 87.7 Å². The predicted molar refractivity (Wildman–Crippen MR) is 119 cm³/mol. The van der Waals surface area contributed by atoms with E-state index in [1.165, 1.54) is 0 Å². The van der Waals surface area contributed by atoms with Gasteiger partial charge < -0.3 is 15.2 Å². The van der Waals surface area contributed by atoms with Crippen LogP contribution in [-0.2, 0) is 23.2 Å². The van der Waals surface area contributed by atoms with Crippen molar-refractivity contribution in [3.05, 3.63) is 95.6 Å². The van der Waals surface area contributed by atoms with E-state index >= 15 is 0 Å². The monoisotopic (exact) mass is 426 g/mol. The van der Waals surface area contributed by atoms with Crippen LogP contribution in [0.4, 0.5) is 5.69 Å². The van der Waals surface area contributed by atoms with Crippen molar-refractivity contribution in [2.24, 2.45) is 0 Å². The summed E-state index contributed by atoms with van der Waals surface area (Å²) in [5.74, 6) is 0.400. The average molecular weight is 427 g/mol. The molecule has 30 heavy (non-hydrogen) atoms. The average Bonchev–Trinajstić information content (AvgIpc) is 2.73. The summed E-state index contributed by atoms with van der Waals surface area (Å²) in [6, 6.07) is 24.5. The van der Waals surface area contributed by atoms with Gasteiger partial charge in [-0.1, -0.05) is 66.7 Å². The summed E-state index contributed by atoms with van der Waals surface area (Å²) in [6.45, 7) is 1.27. The Morgan fingerprint density at radius 2 is 1.57 bits per heavy atom. The van der Waals surface area contributed by atoms with E-state index in [4.69, 9.17) is 4.74 Å². The zero-order chi connectivity index (χ0) is 21.4. The highest BCUT2D eigenvalue weighted by molar-refractivity contribution is 7.92. The van der Waals surface area contributed by atoms with Crippen LogP contribution in [0.25, 0.3) is 0 Å². The van der Waals surface area contributed by atoms with Gasteiger partial charge in [-0.15, -0.1) is 0 Å². The van der Waals surface area contributed by atoms with Gasteiger partial charge in [0.1, 0.15) is 12.4 Å². The normalized spacial score (nSPS) is 12.3. The number of rotatable bonds is 10. The van der Waals surface area contributed by atoms with Crippen molar-refractivity contribution in [3.8, 4) is 5.75 Å². The quantitative estimate of drug-likeness (QED) is 0.462. The minimum Gasteiger partial charge on any atom is -0.487 e. The zero-order valence-corrected chi connectivity index (χ0v) is 17.6. The number of nitrogens with one attached hydrogen (secondary N) is 2. The SMILES string of the molecule is CS(=O)(=O)Nc1cc(C(O)CNCc2ccccc2)ccc1OCc1ccccc1. The van der Waals surface area contributed by atoms with Gasteiger partial charge in [0, 0.05) is 13.1 Å². The number of aliphatic hydroxyl groups excluding tert-OH is 1. The van der Waals surface area contributed by atoms with E-state index in [0.717, 1.165) is 17.4 Å². The molecule has 0 bridgehead atoms. The molecule has 0 saturated carbocycles. The Kier molecular flexibility index (Phi) is 7.46. The molecule has 0 fully saturated rings. The van der Waals surface area contributed by atoms with E-state index < -0.39 is 16.1 Å². The lowest BCUT2D eigenvalue weighted by Gasteiger charge is -2.17. The number of aliphatic hydroxyl groups is 1. The second-order valence-corrected chi connectivity index (χ2v) is 8.78. The second kappa shape index (κ2) is 10.2. The molecule has 1 unspecified atom stereocenters. The molecule has 6 nitrogen and oxygen atoms in total. The maximum absolute atomic E-state index is 11.8. The molecule has 0 amide bonds. The molecule has 3 aromatic rings. The van der Waals surface area contributed by atoms with Crippen LogP contribution in [0.15, 0.2) is 78.9 Å². The highest BCUT2D eigenvalue weighted by atomic mass is 32.2. The molecule has 3 aromatic carbocycles. The van der Waals surface area contributed by atoms with Crippen molar-refractivity contribution in [2.45, 2.75) is 19.3 Å². The number of benzene rings is 3. The minimum atomic E-state index is -3.51. The highest BCUT2D eigenvalue weighted by Gasteiger charge is 2.14. The first-order valence-corrected chi connectivity index (χ1v) is 11.5. The first-order chi connectivity index (χ1) is 14.4. The fourth-order valence-electron chi connectivity index (χ4n) is 2.96. The molecule has 158 valence electrons.